The lowest BCUT2D eigenvalue weighted by molar-refractivity contribution is -0.126. The Balaban J connectivity index is 1.59. The van der Waals surface area contributed by atoms with E-state index in [2.05, 4.69) is 83.7 Å². The summed E-state index contributed by atoms with van der Waals surface area (Å²) in [6, 6.07) is 15.2. The second-order valence-corrected chi connectivity index (χ2v) is 30.3. The number of carbonyl (C=O) groups excluding carboxylic acids is 2. The van der Waals surface area contributed by atoms with Gasteiger partial charge in [-0.25, -0.2) is 9.59 Å². The highest BCUT2D eigenvalue weighted by atomic mass is 28.4. The molecule has 2 aromatic carbocycles. The number of nitrogens with one attached hydrogen (secondary N) is 3. The van der Waals surface area contributed by atoms with Crippen LogP contribution in [0.15, 0.2) is 76.4 Å². The van der Waals surface area contributed by atoms with Gasteiger partial charge in [0.15, 0.2) is 22.9 Å². The van der Waals surface area contributed by atoms with Gasteiger partial charge in [-0.3, -0.25) is 18.7 Å². The van der Waals surface area contributed by atoms with Gasteiger partial charge in [-0.05, 0) is 78.4 Å². The van der Waals surface area contributed by atoms with Crippen LogP contribution >= 0.6 is 0 Å². The van der Waals surface area contributed by atoms with E-state index in [1.54, 1.807) is 57.4 Å². The van der Waals surface area contributed by atoms with E-state index in [0.29, 0.717) is 17.7 Å². The molecule has 0 bridgehead atoms. The van der Waals surface area contributed by atoms with E-state index in [-0.39, 0.29) is 42.2 Å². The molecule has 0 aliphatic carbocycles. The lowest BCUT2D eigenvalue weighted by Gasteiger charge is -2.44. The lowest BCUT2D eigenvalue weighted by atomic mass is 9.99. The fourth-order valence-electron chi connectivity index (χ4n) is 7.04. The lowest BCUT2D eigenvalue weighted by Crippen LogP contribution is -2.58. The van der Waals surface area contributed by atoms with Crippen LogP contribution in [0.5, 0.6) is 5.75 Å². The number of hydrogen-bond donors (Lipinski definition) is 6. The molecule has 374 valence electrons. The van der Waals surface area contributed by atoms with Crippen LogP contribution in [0, 0.1) is 5.92 Å². The molecule has 1 unspecified atom stereocenters. The van der Waals surface area contributed by atoms with Crippen molar-refractivity contribution in [2.45, 2.75) is 160 Å². The first kappa shape index (κ1) is 55.4. The molecule has 17 nitrogen and oxygen atoms in total. The molecule has 2 amide bonds. The van der Waals surface area contributed by atoms with Gasteiger partial charge < -0.3 is 54.3 Å². The zero-order chi connectivity index (χ0) is 50.1. The summed E-state index contributed by atoms with van der Waals surface area (Å²) in [6.45, 7) is 24.2. The van der Waals surface area contributed by atoms with E-state index in [1.807, 2.05) is 18.2 Å². The second-order valence-electron chi connectivity index (χ2n) is 20.8. The number of nitrogens with zero attached hydrogens (tertiary/aromatic N) is 2. The van der Waals surface area contributed by atoms with E-state index in [1.165, 1.54) is 16.8 Å². The Hall–Kier alpha value is -4.19. The quantitative estimate of drug-likeness (QED) is 0.0585. The monoisotopic (exact) mass is 972 g/mol. The van der Waals surface area contributed by atoms with Gasteiger partial charge in [-0.2, -0.15) is 0 Å². The fourth-order valence-corrected chi connectivity index (χ4v) is 9.63. The van der Waals surface area contributed by atoms with Gasteiger partial charge in [-0.15, -0.1) is 0 Å². The van der Waals surface area contributed by atoms with Gasteiger partial charge in [0.1, 0.15) is 42.8 Å². The van der Waals surface area contributed by atoms with Crippen LogP contribution in [0.25, 0.3) is 0 Å². The van der Waals surface area contributed by atoms with E-state index < -0.39 is 95.3 Å². The molecule has 8 atom stereocenters. The first-order valence-electron chi connectivity index (χ1n) is 23.1. The number of rotatable bonds is 22. The minimum absolute atomic E-state index is 0.0131. The summed E-state index contributed by atoms with van der Waals surface area (Å²) in [5, 5.41) is 41.8. The van der Waals surface area contributed by atoms with Crippen LogP contribution in [0.3, 0.4) is 0 Å². The number of alkyl carbamates (subject to hydrolysis) is 1. The smallest absolute Gasteiger partial charge is 0.408 e. The van der Waals surface area contributed by atoms with Crippen molar-refractivity contribution in [3.63, 3.8) is 0 Å². The van der Waals surface area contributed by atoms with Crippen molar-refractivity contribution in [1.29, 1.82) is 0 Å². The van der Waals surface area contributed by atoms with Crippen LogP contribution < -0.4 is 31.9 Å². The topological polar surface area (TPSA) is 221 Å². The molecule has 1 aromatic heterocycles. The Morgan fingerprint density at radius 2 is 1.43 bits per heavy atom. The predicted octanol–water partition coefficient (Wildman–Crippen LogP) is 4.87. The zero-order valence-electron chi connectivity index (χ0n) is 41.7. The van der Waals surface area contributed by atoms with E-state index in [0.717, 1.165) is 10.1 Å². The molecule has 2 heterocycles. The van der Waals surface area contributed by atoms with Crippen LogP contribution in [-0.2, 0) is 36.3 Å². The molecular weight excluding hydrogens is 895 g/mol. The highest BCUT2D eigenvalue weighted by molar-refractivity contribution is 6.74. The number of hydrogen-bond acceptors (Lipinski definition) is 13. The first-order valence-corrected chi connectivity index (χ1v) is 29.0. The van der Waals surface area contributed by atoms with E-state index in [4.69, 9.17) is 23.1 Å². The molecule has 67 heavy (non-hydrogen) atoms. The predicted molar refractivity (Wildman–Crippen MR) is 262 cm³/mol. The van der Waals surface area contributed by atoms with Crippen molar-refractivity contribution in [3.8, 4) is 5.75 Å². The van der Waals surface area contributed by atoms with E-state index >= 15 is 0 Å². The summed E-state index contributed by atoms with van der Waals surface area (Å²) >= 11 is 0. The molecule has 0 saturated carbocycles. The number of amides is 2. The van der Waals surface area contributed by atoms with Crippen LogP contribution in [0.1, 0.15) is 79.2 Å². The maximum atomic E-state index is 14.5. The normalized spacial score (nSPS) is 20.0. The Labute approximate surface area is 397 Å². The summed E-state index contributed by atoms with van der Waals surface area (Å²) in [6.07, 6.45) is -5.85. The molecule has 6 N–H and O–H groups in total. The molecule has 1 aliphatic rings. The Bertz CT molecular complexity index is 2170. The molecule has 1 saturated heterocycles. The average Bonchev–Trinajstić information content (AvgIpc) is 3.59. The van der Waals surface area contributed by atoms with Crippen LogP contribution in [0.4, 0.5) is 4.79 Å². The van der Waals surface area contributed by atoms with Crippen molar-refractivity contribution < 1.29 is 48.0 Å². The number of benzene rings is 2. The number of aromatic nitrogens is 2. The molecule has 19 heteroatoms. The van der Waals surface area contributed by atoms with Crippen molar-refractivity contribution in [3.05, 3.63) is 98.8 Å². The minimum Gasteiger partial charge on any atom is -0.497 e. The summed E-state index contributed by atoms with van der Waals surface area (Å²) in [4.78, 5) is 53.9. The van der Waals surface area contributed by atoms with E-state index in [9.17, 15) is 34.5 Å². The largest absolute Gasteiger partial charge is 0.497 e. The SMILES string of the molecule is COc1ccc(Cn2c(=O)ccn([C@H]3O[C@@H](C(O)[C@H](CO)NCCCNC(=O)[C@H](NC(=O)OCc4ccccc4)[C@@H](O)C(C)C)[C@H](O[Si](C)(C)C(C)(C)C)[C@@H]3O[Si](C)(C)C(C)(C)C)c2=O)cc1. The Morgan fingerprint density at radius 3 is 1.99 bits per heavy atom. The fraction of sp³-hybridized carbons (Fsp3) is 0.625. The number of aliphatic hydroxyl groups is 3. The molecule has 0 spiro atoms. The van der Waals surface area contributed by atoms with Gasteiger partial charge in [0, 0.05) is 18.8 Å². The Morgan fingerprint density at radius 1 is 0.836 bits per heavy atom. The summed E-state index contributed by atoms with van der Waals surface area (Å²) < 4.78 is 34.2. The molecular formula is C48H77N5O12Si2. The number of carbonyl (C=O) groups is 2. The number of ether oxygens (including phenoxy) is 3. The van der Waals surface area contributed by atoms with Crippen molar-refractivity contribution in [2.24, 2.45) is 5.92 Å². The van der Waals surface area contributed by atoms with Gasteiger partial charge in [0.05, 0.1) is 32.4 Å². The second kappa shape index (κ2) is 23.4. The summed E-state index contributed by atoms with van der Waals surface area (Å²) in [5.74, 6) is -0.339. The maximum absolute atomic E-state index is 14.5. The maximum Gasteiger partial charge on any atom is 0.408 e. The molecule has 1 fully saturated rings. The van der Waals surface area contributed by atoms with Crippen molar-refractivity contribution in [2.75, 3.05) is 26.8 Å². The van der Waals surface area contributed by atoms with Crippen molar-refractivity contribution in [1.82, 2.24) is 25.1 Å². The molecule has 4 rings (SSSR count). The summed E-state index contributed by atoms with van der Waals surface area (Å²) in [5.41, 5.74) is 0.318. The third kappa shape index (κ3) is 14.4. The highest BCUT2D eigenvalue weighted by Gasteiger charge is 2.57. The Kier molecular flexibility index (Phi) is 19.4. The minimum atomic E-state index is -2.68. The zero-order valence-corrected chi connectivity index (χ0v) is 43.7. The van der Waals surface area contributed by atoms with Gasteiger partial charge >= 0.3 is 11.8 Å². The van der Waals surface area contributed by atoms with Crippen molar-refractivity contribution >= 4 is 28.6 Å². The van der Waals surface area contributed by atoms with Gasteiger partial charge in [0.25, 0.3) is 5.56 Å². The molecule has 1 aliphatic heterocycles. The van der Waals surface area contributed by atoms with Crippen LogP contribution in [0.2, 0.25) is 36.3 Å². The standard InChI is InChI=1S/C48H77N5O12Si2/c1-31(2)38(56)37(51-45(59)62-30-33-18-15-14-16-19-33)43(58)50-26-17-25-49-35(29-54)39(57)40-41(64-66(10,11)47(3,4)5)42(65-67(12,13)48(6,7)8)44(63-40)52-27-24-36(55)53(46(52)60)28-32-20-22-34(61-9)23-21-32/h14-16,18-24,27,31,35,37-42,44,49,54,56-57H,17,25-26,28-30H2,1-13H3,(H,50,58)(H,51,59)/t35-,37+,38-,39?,40-,41-,42-,44-/m0/s1. The molecule has 0 radical (unpaired) electrons. The van der Waals surface area contributed by atoms with Crippen LogP contribution in [-0.4, -0.2) is 122 Å². The number of methoxy groups -OCH3 is 1. The average molecular weight is 972 g/mol. The van der Waals surface area contributed by atoms with Gasteiger partial charge in [-0.1, -0.05) is 97.9 Å². The third-order valence-corrected chi connectivity index (χ3v) is 22.3. The third-order valence-electron chi connectivity index (χ3n) is 13.4. The summed E-state index contributed by atoms with van der Waals surface area (Å²) in [7, 11) is -3.79. The number of aliphatic hydroxyl groups excluding tert-OH is 3. The first-order chi connectivity index (χ1) is 31.2. The van der Waals surface area contributed by atoms with Gasteiger partial charge in [0.2, 0.25) is 5.91 Å². The highest BCUT2D eigenvalue weighted by Crippen LogP contribution is 2.46. The molecule has 3 aromatic rings.